The Morgan fingerprint density at radius 3 is 2.28 bits per heavy atom. The zero-order valence-electron chi connectivity index (χ0n) is 18.8. The van der Waals surface area contributed by atoms with Gasteiger partial charge in [-0.25, -0.2) is 4.79 Å². The highest BCUT2D eigenvalue weighted by atomic mass is 16.2. The van der Waals surface area contributed by atoms with Crippen LogP contribution in [0.5, 0.6) is 0 Å². The van der Waals surface area contributed by atoms with Crippen molar-refractivity contribution in [2.75, 3.05) is 53.4 Å². The van der Waals surface area contributed by atoms with Gasteiger partial charge in [-0.05, 0) is 44.7 Å². The van der Waals surface area contributed by atoms with Crippen LogP contribution in [-0.4, -0.2) is 90.9 Å². The summed E-state index contributed by atoms with van der Waals surface area (Å²) in [6, 6.07) is 0.247. The smallest absolute Gasteiger partial charge is 0.319 e. The fraction of sp³-hybridized carbons (Fsp3) is 0.913. The number of carbonyl (C=O) groups excluding carboxylic acids is 2. The Labute approximate surface area is 177 Å². The van der Waals surface area contributed by atoms with Crippen LogP contribution in [-0.2, 0) is 4.79 Å². The van der Waals surface area contributed by atoms with Crippen LogP contribution < -0.4 is 0 Å². The second kappa shape index (κ2) is 11.2. The molecule has 1 saturated carbocycles. The molecule has 2 aliphatic heterocycles. The molecule has 1 atom stereocenters. The van der Waals surface area contributed by atoms with Crippen LogP contribution in [0, 0.1) is 5.92 Å². The summed E-state index contributed by atoms with van der Waals surface area (Å²) in [5.41, 5.74) is 0. The number of carbonyl (C=O) groups is 2. The molecule has 0 aromatic carbocycles. The molecule has 0 bridgehead atoms. The Hall–Kier alpha value is -1.30. The molecule has 0 radical (unpaired) electrons. The summed E-state index contributed by atoms with van der Waals surface area (Å²) in [7, 11) is 3.66. The molecule has 6 nitrogen and oxygen atoms in total. The van der Waals surface area contributed by atoms with Crippen LogP contribution in [0.4, 0.5) is 4.79 Å². The van der Waals surface area contributed by atoms with Crippen LogP contribution in [0.15, 0.2) is 0 Å². The van der Waals surface area contributed by atoms with Crippen LogP contribution in [0.2, 0.25) is 0 Å². The molecule has 3 rings (SSSR count). The zero-order valence-corrected chi connectivity index (χ0v) is 18.8. The van der Waals surface area contributed by atoms with E-state index in [1.165, 1.54) is 51.4 Å². The standard InChI is InChI=1S/C23H42N4O2/c1-24(2)23(29)27(18-17-25-14-7-4-8-15-25)21-13-16-26(19-21)22(28)12-11-20-9-5-3-6-10-20/h20-21H,3-19H2,1-2H3/t21-/m0/s1. The first-order valence-electron chi connectivity index (χ1n) is 12.0. The summed E-state index contributed by atoms with van der Waals surface area (Å²) in [6.45, 7) is 5.54. The number of hydrogen-bond donors (Lipinski definition) is 0. The Bertz CT molecular complexity index is 527. The molecule has 3 amide bonds. The molecule has 6 heteroatoms. The zero-order chi connectivity index (χ0) is 20.6. The van der Waals surface area contributed by atoms with Crippen molar-refractivity contribution in [1.82, 2.24) is 19.6 Å². The Morgan fingerprint density at radius 2 is 1.59 bits per heavy atom. The maximum absolute atomic E-state index is 12.8. The van der Waals surface area contributed by atoms with Gasteiger partial charge in [0.2, 0.25) is 5.91 Å². The van der Waals surface area contributed by atoms with E-state index in [1.807, 2.05) is 23.9 Å². The maximum atomic E-state index is 12.8. The predicted octanol–water partition coefficient (Wildman–Crippen LogP) is 3.42. The van der Waals surface area contributed by atoms with Crippen molar-refractivity contribution in [2.24, 2.45) is 5.92 Å². The summed E-state index contributed by atoms with van der Waals surface area (Å²) < 4.78 is 0. The fourth-order valence-electron chi connectivity index (χ4n) is 5.31. The van der Waals surface area contributed by atoms with Crippen LogP contribution in [0.25, 0.3) is 0 Å². The minimum atomic E-state index is 0.0866. The van der Waals surface area contributed by atoms with Crippen molar-refractivity contribution in [2.45, 2.75) is 76.7 Å². The SMILES string of the molecule is CN(C)C(=O)N(CCN1CCCCC1)[C@H]1CCN(C(=O)CCC2CCCCC2)C1. The Morgan fingerprint density at radius 1 is 0.897 bits per heavy atom. The van der Waals surface area contributed by atoms with Gasteiger partial charge in [0.25, 0.3) is 0 Å². The van der Waals surface area contributed by atoms with Gasteiger partial charge in [0.05, 0.1) is 6.04 Å². The molecule has 0 aromatic heterocycles. The number of amides is 3. The number of urea groups is 1. The lowest BCUT2D eigenvalue weighted by Gasteiger charge is -2.34. The van der Waals surface area contributed by atoms with E-state index in [-0.39, 0.29) is 12.1 Å². The maximum Gasteiger partial charge on any atom is 0.319 e. The van der Waals surface area contributed by atoms with Gasteiger partial charge in [0.15, 0.2) is 0 Å². The third-order valence-corrected chi connectivity index (χ3v) is 7.18. The highest BCUT2D eigenvalue weighted by Crippen LogP contribution is 2.28. The topological polar surface area (TPSA) is 47.1 Å². The second-order valence-electron chi connectivity index (χ2n) is 9.60. The largest absolute Gasteiger partial charge is 0.341 e. The molecular formula is C23H42N4O2. The quantitative estimate of drug-likeness (QED) is 0.651. The van der Waals surface area contributed by atoms with E-state index in [2.05, 4.69) is 4.90 Å². The van der Waals surface area contributed by atoms with E-state index in [0.717, 1.165) is 51.5 Å². The monoisotopic (exact) mass is 406 g/mol. The number of piperidine rings is 1. The fourth-order valence-corrected chi connectivity index (χ4v) is 5.31. The normalized spacial score (nSPS) is 23.9. The van der Waals surface area contributed by atoms with Crippen molar-refractivity contribution in [3.05, 3.63) is 0 Å². The molecule has 0 spiro atoms. The minimum Gasteiger partial charge on any atom is -0.341 e. The van der Waals surface area contributed by atoms with E-state index < -0.39 is 0 Å². The molecule has 2 saturated heterocycles. The molecule has 3 aliphatic rings. The number of nitrogens with zero attached hydrogens (tertiary/aromatic N) is 4. The molecule has 0 aromatic rings. The third kappa shape index (κ3) is 6.59. The number of rotatable bonds is 7. The van der Waals surface area contributed by atoms with Gasteiger partial charge in [0, 0.05) is 46.7 Å². The molecule has 166 valence electrons. The van der Waals surface area contributed by atoms with Crippen molar-refractivity contribution in [3.8, 4) is 0 Å². The van der Waals surface area contributed by atoms with Gasteiger partial charge in [0.1, 0.15) is 0 Å². The molecule has 2 heterocycles. The van der Waals surface area contributed by atoms with Crippen LogP contribution >= 0.6 is 0 Å². The van der Waals surface area contributed by atoms with Crippen molar-refractivity contribution in [3.63, 3.8) is 0 Å². The third-order valence-electron chi connectivity index (χ3n) is 7.18. The van der Waals surface area contributed by atoms with Gasteiger partial charge < -0.3 is 19.6 Å². The molecule has 1 aliphatic carbocycles. The number of hydrogen-bond acceptors (Lipinski definition) is 3. The summed E-state index contributed by atoms with van der Waals surface area (Å²) >= 11 is 0. The highest BCUT2D eigenvalue weighted by Gasteiger charge is 2.33. The average Bonchev–Trinajstić information content (AvgIpc) is 3.23. The summed E-state index contributed by atoms with van der Waals surface area (Å²) in [6.07, 6.45) is 13.2. The Balaban J connectivity index is 1.48. The van der Waals surface area contributed by atoms with Gasteiger partial charge in [-0.15, -0.1) is 0 Å². The lowest BCUT2D eigenvalue weighted by atomic mass is 9.86. The Kier molecular flexibility index (Phi) is 8.64. The van der Waals surface area contributed by atoms with Gasteiger partial charge in [-0.3, -0.25) is 4.79 Å². The van der Waals surface area contributed by atoms with Gasteiger partial charge >= 0.3 is 6.03 Å². The summed E-state index contributed by atoms with van der Waals surface area (Å²) in [5, 5.41) is 0. The van der Waals surface area contributed by atoms with Gasteiger partial charge in [-0.2, -0.15) is 0 Å². The van der Waals surface area contributed by atoms with E-state index in [0.29, 0.717) is 18.9 Å². The van der Waals surface area contributed by atoms with E-state index in [1.54, 1.807) is 4.90 Å². The first-order chi connectivity index (χ1) is 14.0. The minimum absolute atomic E-state index is 0.0866. The van der Waals surface area contributed by atoms with Crippen molar-refractivity contribution < 1.29 is 9.59 Å². The van der Waals surface area contributed by atoms with E-state index in [9.17, 15) is 9.59 Å². The van der Waals surface area contributed by atoms with Gasteiger partial charge in [-0.1, -0.05) is 38.5 Å². The first-order valence-corrected chi connectivity index (χ1v) is 12.0. The number of likely N-dealkylation sites (tertiary alicyclic amines) is 2. The average molecular weight is 407 g/mol. The lowest BCUT2D eigenvalue weighted by Crippen LogP contribution is -2.50. The molecule has 29 heavy (non-hydrogen) atoms. The molecule has 0 N–H and O–H groups in total. The van der Waals surface area contributed by atoms with E-state index >= 15 is 0 Å². The summed E-state index contributed by atoms with van der Waals surface area (Å²) in [5.74, 6) is 1.05. The lowest BCUT2D eigenvalue weighted by molar-refractivity contribution is -0.130. The highest BCUT2D eigenvalue weighted by molar-refractivity contribution is 5.77. The molecule has 0 unspecified atom stereocenters. The van der Waals surface area contributed by atoms with Crippen molar-refractivity contribution in [1.29, 1.82) is 0 Å². The van der Waals surface area contributed by atoms with Crippen LogP contribution in [0.3, 0.4) is 0 Å². The van der Waals surface area contributed by atoms with Crippen LogP contribution in [0.1, 0.15) is 70.6 Å². The van der Waals surface area contributed by atoms with E-state index in [4.69, 9.17) is 0 Å². The summed E-state index contributed by atoms with van der Waals surface area (Å²) in [4.78, 5) is 33.8. The molecule has 3 fully saturated rings. The first kappa shape index (κ1) is 22.4. The van der Waals surface area contributed by atoms with Crippen molar-refractivity contribution >= 4 is 11.9 Å². The second-order valence-corrected chi connectivity index (χ2v) is 9.60. The molecular weight excluding hydrogens is 364 g/mol. The predicted molar refractivity (Wildman–Crippen MR) is 117 cm³/mol.